The Balaban J connectivity index is 2.24. The second-order valence-corrected chi connectivity index (χ2v) is 6.03. The number of anilines is 1. The lowest BCUT2D eigenvalue weighted by molar-refractivity contribution is 0.0609. The molecule has 21 heavy (non-hydrogen) atoms. The van der Waals surface area contributed by atoms with Crippen LogP contribution in [0.15, 0.2) is 18.2 Å². The summed E-state index contributed by atoms with van der Waals surface area (Å²) in [5.74, 6) is 0.195. The van der Waals surface area contributed by atoms with Crippen LogP contribution in [0.5, 0.6) is 0 Å². The van der Waals surface area contributed by atoms with Crippen LogP contribution in [-0.4, -0.2) is 29.9 Å². The maximum Gasteiger partial charge on any atom is 0.256 e. The van der Waals surface area contributed by atoms with Gasteiger partial charge in [0.2, 0.25) is 0 Å². The van der Waals surface area contributed by atoms with Gasteiger partial charge in [-0.1, -0.05) is 19.9 Å². The molecule has 1 N–H and O–H groups in total. The van der Waals surface area contributed by atoms with Crippen LogP contribution in [0.1, 0.15) is 61.9 Å². The van der Waals surface area contributed by atoms with E-state index in [4.69, 9.17) is 0 Å². The molecule has 0 bridgehead atoms. The van der Waals surface area contributed by atoms with Crippen molar-refractivity contribution in [3.05, 3.63) is 29.3 Å². The molecule has 1 heterocycles. The molecule has 1 aromatic carbocycles. The third-order valence-electron chi connectivity index (χ3n) is 4.33. The van der Waals surface area contributed by atoms with E-state index < -0.39 is 0 Å². The Kier molecular flexibility index (Phi) is 5.66. The fourth-order valence-corrected chi connectivity index (χ4v) is 3.10. The third-order valence-corrected chi connectivity index (χ3v) is 4.33. The quantitative estimate of drug-likeness (QED) is 0.879. The first-order chi connectivity index (χ1) is 10.2. The monoisotopic (exact) mass is 288 g/mol. The number of carbonyl (C=O) groups is 1. The lowest BCUT2D eigenvalue weighted by Gasteiger charge is -2.35. The average Bonchev–Trinajstić information content (AvgIpc) is 2.52. The zero-order chi connectivity index (χ0) is 15.2. The molecule has 0 aliphatic carbocycles. The smallest absolute Gasteiger partial charge is 0.256 e. The van der Waals surface area contributed by atoms with Crippen LogP contribution >= 0.6 is 0 Å². The minimum absolute atomic E-state index is 0.195. The standard InChI is InChI=1S/C18H28N2O/c1-4-11-19-17-13-14(3)9-10-16(17)18(21)20-12-7-6-8-15(20)5-2/h9-10,13,15,19H,4-8,11-12H2,1-3H3. The van der Waals surface area contributed by atoms with Gasteiger partial charge >= 0.3 is 0 Å². The molecule has 1 unspecified atom stereocenters. The number of carbonyl (C=O) groups excluding carboxylic acids is 1. The summed E-state index contributed by atoms with van der Waals surface area (Å²) in [5, 5.41) is 3.41. The van der Waals surface area contributed by atoms with E-state index in [0.29, 0.717) is 6.04 Å². The zero-order valence-corrected chi connectivity index (χ0v) is 13.6. The largest absolute Gasteiger partial charge is 0.384 e. The first kappa shape index (κ1) is 15.9. The molecule has 1 saturated heterocycles. The number of nitrogens with one attached hydrogen (secondary N) is 1. The highest BCUT2D eigenvalue weighted by Crippen LogP contribution is 2.25. The number of piperidine rings is 1. The van der Waals surface area contributed by atoms with Crippen molar-refractivity contribution < 1.29 is 4.79 Å². The van der Waals surface area contributed by atoms with Crippen molar-refractivity contribution in [2.45, 2.75) is 58.9 Å². The Morgan fingerprint density at radius 1 is 1.33 bits per heavy atom. The van der Waals surface area contributed by atoms with Gasteiger partial charge < -0.3 is 10.2 Å². The summed E-state index contributed by atoms with van der Waals surface area (Å²) in [5.41, 5.74) is 3.01. The van der Waals surface area contributed by atoms with Crippen molar-refractivity contribution in [2.75, 3.05) is 18.4 Å². The van der Waals surface area contributed by atoms with Gasteiger partial charge in [-0.2, -0.15) is 0 Å². The highest BCUT2D eigenvalue weighted by atomic mass is 16.2. The van der Waals surface area contributed by atoms with Crippen LogP contribution in [0.3, 0.4) is 0 Å². The van der Waals surface area contributed by atoms with E-state index >= 15 is 0 Å². The van der Waals surface area contributed by atoms with Crippen LogP contribution in [-0.2, 0) is 0 Å². The maximum atomic E-state index is 13.0. The minimum atomic E-state index is 0.195. The lowest BCUT2D eigenvalue weighted by atomic mass is 9.98. The third kappa shape index (κ3) is 3.78. The Morgan fingerprint density at radius 2 is 2.14 bits per heavy atom. The predicted octanol–water partition coefficient (Wildman–Crippen LogP) is 4.22. The van der Waals surface area contributed by atoms with Gasteiger partial charge in [0.05, 0.1) is 5.56 Å². The Bertz CT molecular complexity index is 484. The Labute approximate surface area is 128 Å². The first-order valence-corrected chi connectivity index (χ1v) is 8.32. The molecule has 1 aliphatic heterocycles. The van der Waals surface area contributed by atoms with Crippen LogP contribution in [0.25, 0.3) is 0 Å². The molecule has 3 nitrogen and oxygen atoms in total. The molecule has 116 valence electrons. The fourth-order valence-electron chi connectivity index (χ4n) is 3.10. The summed E-state index contributed by atoms with van der Waals surface area (Å²) in [7, 11) is 0. The maximum absolute atomic E-state index is 13.0. The van der Waals surface area contributed by atoms with Gasteiger partial charge in [-0.25, -0.2) is 0 Å². The molecule has 1 atom stereocenters. The molecule has 2 rings (SSSR count). The normalized spacial score (nSPS) is 18.6. The van der Waals surface area contributed by atoms with Crippen molar-refractivity contribution in [1.29, 1.82) is 0 Å². The van der Waals surface area contributed by atoms with E-state index in [-0.39, 0.29) is 5.91 Å². The van der Waals surface area contributed by atoms with Crippen LogP contribution < -0.4 is 5.32 Å². The predicted molar refractivity (Wildman–Crippen MR) is 88.9 cm³/mol. The molecule has 0 saturated carbocycles. The first-order valence-electron chi connectivity index (χ1n) is 8.32. The van der Waals surface area contributed by atoms with E-state index in [1.165, 1.54) is 12.0 Å². The molecular formula is C18H28N2O. The number of likely N-dealkylation sites (tertiary alicyclic amines) is 1. The van der Waals surface area contributed by atoms with Crippen molar-refractivity contribution in [2.24, 2.45) is 0 Å². The number of hydrogen-bond donors (Lipinski definition) is 1. The van der Waals surface area contributed by atoms with E-state index in [9.17, 15) is 4.79 Å². The van der Waals surface area contributed by atoms with Gasteiger partial charge in [0.1, 0.15) is 0 Å². The molecular weight excluding hydrogens is 260 g/mol. The van der Waals surface area contributed by atoms with Gasteiger partial charge in [0.15, 0.2) is 0 Å². The van der Waals surface area contributed by atoms with Gasteiger partial charge in [-0.05, 0) is 56.7 Å². The van der Waals surface area contributed by atoms with Crippen LogP contribution in [0.4, 0.5) is 5.69 Å². The van der Waals surface area contributed by atoms with Gasteiger partial charge in [-0.3, -0.25) is 4.79 Å². The summed E-state index contributed by atoms with van der Waals surface area (Å²) in [6.45, 7) is 8.20. The Hall–Kier alpha value is -1.51. The van der Waals surface area contributed by atoms with Gasteiger partial charge in [0, 0.05) is 24.8 Å². The number of amides is 1. The lowest BCUT2D eigenvalue weighted by Crippen LogP contribution is -2.43. The topological polar surface area (TPSA) is 32.3 Å². The van der Waals surface area contributed by atoms with E-state index in [1.807, 2.05) is 12.1 Å². The zero-order valence-electron chi connectivity index (χ0n) is 13.6. The van der Waals surface area contributed by atoms with Crippen LogP contribution in [0.2, 0.25) is 0 Å². The van der Waals surface area contributed by atoms with Gasteiger partial charge in [-0.15, -0.1) is 0 Å². The number of hydrogen-bond acceptors (Lipinski definition) is 2. The van der Waals surface area contributed by atoms with Crippen molar-refractivity contribution in [3.63, 3.8) is 0 Å². The van der Waals surface area contributed by atoms with Crippen molar-refractivity contribution in [3.8, 4) is 0 Å². The number of rotatable bonds is 5. The van der Waals surface area contributed by atoms with Crippen molar-refractivity contribution in [1.82, 2.24) is 4.90 Å². The van der Waals surface area contributed by atoms with Crippen LogP contribution in [0, 0.1) is 6.92 Å². The van der Waals surface area contributed by atoms with E-state index in [0.717, 1.165) is 50.0 Å². The number of nitrogens with zero attached hydrogens (tertiary/aromatic N) is 1. The minimum Gasteiger partial charge on any atom is -0.384 e. The highest BCUT2D eigenvalue weighted by Gasteiger charge is 2.27. The fraction of sp³-hybridized carbons (Fsp3) is 0.611. The molecule has 1 aromatic rings. The van der Waals surface area contributed by atoms with Crippen molar-refractivity contribution >= 4 is 11.6 Å². The Morgan fingerprint density at radius 3 is 2.86 bits per heavy atom. The summed E-state index contributed by atoms with van der Waals surface area (Å²) < 4.78 is 0. The highest BCUT2D eigenvalue weighted by molar-refractivity contribution is 6.00. The molecule has 0 aromatic heterocycles. The molecule has 1 amide bonds. The number of benzene rings is 1. The summed E-state index contributed by atoms with van der Waals surface area (Å²) >= 11 is 0. The molecule has 1 fully saturated rings. The second kappa shape index (κ2) is 7.48. The second-order valence-electron chi connectivity index (χ2n) is 6.03. The van der Waals surface area contributed by atoms with Gasteiger partial charge in [0.25, 0.3) is 5.91 Å². The summed E-state index contributed by atoms with van der Waals surface area (Å²) in [6, 6.07) is 6.52. The van der Waals surface area contributed by atoms with E-state index in [2.05, 4.69) is 37.1 Å². The number of aryl methyl sites for hydroxylation is 1. The molecule has 1 aliphatic rings. The molecule has 0 radical (unpaired) electrons. The molecule has 3 heteroatoms. The summed E-state index contributed by atoms with van der Waals surface area (Å²) in [6.07, 6.45) is 5.63. The molecule has 0 spiro atoms. The van der Waals surface area contributed by atoms with E-state index in [1.54, 1.807) is 0 Å². The summed E-state index contributed by atoms with van der Waals surface area (Å²) in [4.78, 5) is 15.0. The SMILES string of the molecule is CCCNc1cc(C)ccc1C(=O)N1CCCCC1CC. The average molecular weight is 288 g/mol.